The molecule has 1 saturated heterocycles. The third-order valence-corrected chi connectivity index (χ3v) is 3.85. The minimum Gasteiger partial charge on any atom is -0.383 e. The molecule has 19 heavy (non-hydrogen) atoms. The van der Waals surface area contributed by atoms with Crippen molar-refractivity contribution in [3.63, 3.8) is 0 Å². The lowest BCUT2D eigenvalue weighted by molar-refractivity contribution is -0.133. The molecule has 0 N–H and O–H groups in total. The van der Waals surface area contributed by atoms with Crippen molar-refractivity contribution in [1.29, 1.82) is 0 Å². The van der Waals surface area contributed by atoms with E-state index >= 15 is 0 Å². The largest absolute Gasteiger partial charge is 0.383 e. The summed E-state index contributed by atoms with van der Waals surface area (Å²) in [4.78, 5) is 14.2. The van der Waals surface area contributed by atoms with E-state index in [1.165, 1.54) is 0 Å². The summed E-state index contributed by atoms with van der Waals surface area (Å²) in [6, 6.07) is 0.243. The molecular weight excluding hydrogens is 242 g/mol. The number of nitrogens with zero attached hydrogens (tertiary/aromatic N) is 3. The molecule has 2 heterocycles. The predicted octanol–water partition coefficient (Wildman–Crippen LogP) is 1.98. The number of hydrogen-bond donors (Lipinski definition) is 0. The highest BCUT2D eigenvalue weighted by atomic mass is 16.5. The number of likely N-dealkylation sites (tertiary alicyclic amines) is 1. The third-order valence-electron chi connectivity index (χ3n) is 3.85. The van der Waals surface area contributed by atoms with Crippen molar-refractivity contribution in [2.45, 2.75) is 50.2 Å². The molecule has 1 amide bonds. The lowest BCUT2D eigenvalue weighted by atomic mass is 10.0. The first-order chi connectivity index (χ1) is 9.21. The lowest BCUT2D eigenvalue weighted by Crippen LogP contribution is -2.38. The molecule has 0 radical (unpaired) electrons. The van der Waals surface area contributed by atoms with Gasteiger partial charge >= 0.3 is 0 Å². The van der Waals surface area contributed by atoms with Gasteiger partial charge in [0.25, 0.3) is 0 Å². The third kappa shape index (κ3) is 3.54. The van der Waals surface area contributed by atoms with E-state index in [4.69, 9.17) is 11.2 Å². The number of methoxy groups -OCH3 is 1. The highest BCUT2D eigenvalue weighted by Gasteiger charge is 2.40. The molecule has 2 rings (SSSR count). The monoisotopic (exact) mass is 263 g/mol. The zero-order valence-electron chi connectivity index (χ0n) is 11.5. The zero-order chi connectivity index (χ0) is 13.7. The number of hydrogen-bond acceptors (Lipinski definition) is 4. The van der Waals surface area contributed by atoms with Crippen LogP contribution in [0, 0.1) is 12.3 Å². The van der Waals surface area contributed by atoms with Gasteiger partial charge in [-0.1, -0.05) is 0 Å². The van der Waals surface area contributed by atoms with Gasteiger partial charge in [0, 0.05) is 39.3 Å². The van der Waals surface area contributed by atoms with E-state index in [1.54, 1.807) is 7.11 Å². The van der Waals surface area contributed by atoms with Crippen molar-refractivity contribution < 1.29 is 9.53 Å². The molecule has 0 spiro atoms. The van der Waals surface area contributed by atoms with Crippen LogP contribution in [0.4, 0.5) is 0 Å². The van der Waals surface area contributed by atoms with Crippen molar-refractivity contribution in [3.8, 4) is 12.3 Å². The molecule has 104 valence electrons. The fourth-order valence-electron chi connectivity index (χ4n) is 2.65. The maximum absolute atomic E-state index is 12.2. The molecule has 2 aliphatic rings. The van der Waals surface area contributed by atoms with Crippen molar-refractivity contribution in [2.24, 2.45) is 10.2 Å². The fraction of sp³-hybridized carbons (Fsp3) is 0.786. The van der Waals surface area contributed by atoms with E-state index in [1.807, 2.05) is 4.90 Å². The zero-order valence-corrected chi connectivity index (χ0v) is 11.5. The van der Waals surface area contributed by atoms with Crippen molar-refractivity contribution in [2.75, 3.05) is 20.3 Å². The molecule has 0 aliphatic carbocycles. The molecule has 0 saturated carbocycles. The van der Waals surface area contributed by atoms with Crippen LogP contribution in [0.3, 0.4) is 0 Å². The van der Waals surface area contributed by atoms with Gasteiger partial charge in [0.15, 0.2) is 5.66 Å². The summed E-state index contributed by atoms with van der Waals surface area (Å²) in [5, 5.41) is 8.12. The van der Waals surface area contributed by atoms with Gasteiger partial charge in [-0.15, -0.1) is 12.3 Å². The van der Waals surface area contributed by atoms with Gasteiger partial charge in [0.05, 0.1) is 12.6 Å². The van der Waals surface area contributed by atoms with E-state index in [9.17, 15) is 4.79 Å². The minimum absolute atomic E-state index is 0.192. The second-order valence-electron chi connectivity index (χ2n) is 5.23. The SMILES string of the molecule is C#CCCC1(CCC(=O)N2CCCC2COC)N=N1. The van der Waals surface area contributed by atoms with E-state index in [0.717, 1.165) is 25.8 Å². The number of carbonyl (C=O) groups is 1. The van der Waals surface area contributed by atoms with Crippen LogP contribution in [0.2, 0.25) is 0 Å². The first-order valence-electron chi connectivity index (χ1n) is 6.87. The Labute approximate surface area is 114 Å². The average molecular weight is 263 g/mol. The van der Waals surface area contributed by atoms with Crippen molar-refractivity contribution >= 4 is 5.91 Å². The molecule has 0 aromatic carbocycles. The van der Waals surface area contributed by atoms with Crippen molar-refractivity contribution in [3.05, 3.63) is 0 Å². The standard InChI is InChI=1S/C14H21N3O2/c1-3-4-8-14(15-16-14)9-7-13(18)17-10-5-6-12(17)11-19-2/h1,12H,4-11H2,2H3. The molecular formula is C14H21N3O2. The van der Waals surface area contributed by atoms with Crippen LogP contribution >= 0.6 is 0 Å². The molecule has 0 aromatic heterocycles. The van der Waals surface area contributed by atoms with Crippen LogP contribution in [0.15, 0.2) is 10.2 Å². The summed E-state index contributed by atoms with van der Waals surface area (Å²) >= 11 is 0. The van der Waals surface area contributed by atoms with Crippen LogP contribution in [-0.4, -0.2) is 42.8 Å². The van der Waals surface area contributed by atoms with Crippen LogP contribution in [0.5, 0.6) is 0 Å². The molecule has 5 heteroatoms. The summed E-state index contributed by atoms with van der Waals surface area (Å²) in [5.41, 5.74) is -0.349. The number of carbonyl (C=O) groups excluding carboxylic acids is 1. The van der Waals surface area contributed by atoms with Gasteiger partial charge in [0.2, 0.25) is 5.91 Å². The molecule has 2 aliphatic heterocycles. The van der Waals surface area contributed by atoms with Gasteiger partial charge in [-0.25, -0.2) is 0 Å². The highest BCUT2D eigenvalue weighted by Crippen LogP contribution is 2.38. The summed E-state index contributed by atoms with van der Waals surface area (Å²) in [5.74, 6) is 2.79. The van der Waals surface area contributed by atoms with Crippen LogP contribution < -0.4 is 0 Å². The second kappa shape index (κ2) is 6.16. The Kier molecular flexibility index (Phi) is 4.54. The molecule has 1 fully saturated rings. The summed E-state index contributed by atoms with van der Waals surface area (Å²) in [7, 11) is 1.68. The topological polar surface area (TPSA) is 54.3 Å². The maximum Gasteiger partial charge on any atom is 0.223 e. The van der Waals surface area contributed by atoms with Gasteiger partial charge in [0.1, 0.15) is 0 Å². The van der Waals surface area contributed by atoms with E-state index < -0.39 is 0 Å². The number of rotatable bonds is 7. The fourth-order valence-corrected chi connectivity index (χ4v) is 2.65. The molecule has 1 unspecified atom stereocenters. The first-order valence-corrected chi connectivity index (χ1v) is 6.87. The Balaban J connectivity index is 1.77. The first kappa shape index (κ1) is 14.0. The molecule has 5 nitrogen and oxygen atoms in total. The normalized spacial score (nSPS) is 23.4. The van der Waals surface area contributed by atoms with Crippen LogP contribution in [0.25, 0.3) is 0 Å². The van der Waals surface area contributed by atoms with Gasteiger partial charge < -0.3 is 9.64 Å². The average Bonchev–Trinajstić information content (AvgIpc) is 3.04. The van der Waals surface area contributed by atoms with Gasteiger partial charge in [-0.05, 0) is 12.8 Å². The van der Waals surface area contributed by atoms with Crippen LogP contribution in [-0.2, 0) is 9.53 Å². The number of ether oxygens (including phenoxy) is 1. The lowest BCUT2D eigenvalue weighted by Gasteiger charge is -2.24. The highest BCUT2D eigenvalue weighted by molar-refractivity contribution is 5.77. The summed E-state index contributed by atoms with van der Waals surface area (Å²) in [6.45, 7) is 1.47. The number of amides is 1. The van der Waals surface area contributed by atoms with E-state index in [-0.39, 0.29) is 17.6 Å². The van der Waals surface area contributed by atoms with Gasteiger partial charge in [-0.2, -0.15) is 10.2 Å². The smallest absolute Gasteiger partial charge is 0.223 e. The number of terminal acetylenes is 1. The minimum atomic E-state index is -0.349. The molecule has 0 bridgehead atoms. The van der Waals surface area contributed by atoms with Crippen molar-refractivity contribution in [1.82, 2.24) is 4.90 Å². The maximum atomic E-state index is 12.2. The Bertz CT molecular complexity index is 394. The van der Waals surface area contributed by atoms with Gasteiger partial charge in [-0.3, -0.25) is 4.79 Å². The second-order valence-corrected chi connectivity index (χ2v) is 5.23. The summed E-state index contributed by atoms with van der Waals surface area (Å²) < 4.78 is 5.16. The summed E-state index contributed by atoms with van der Waals surface area (Å²) in [6.07, 6.45) is 9.96. The molecule has 1 atom stereocenters. The van der Waals surface area contributed by atoms with E-state index in [2.05, 4.69) is 16.1 Å². The molecule has 0 aromatic rings. The quantitative estimate of drug-likeness (QED) is 0.659. The van der Waals surface area contributed by atoms with Crippen LogP contribution in [0.1, 0.15) is 38.5 Å². The Morgan fingerprint density at radius 1 is 1.53 bits per heavy atom. The predicted molar refractivity (Wildman–Crippen MR) is 71.5 cm³/mol. The van der Waals surface area contributed by atoms with E-state index in [0.29, 0.717) is 25.9 Å². The Morgan fingerprint density at radius 3 is 2.95 bits per heavy atom. The Hall–Kier alpha value is -1.41. The Morgan fingerprint density at radius 2 is 2.32 bits per heavy atom.